The largest absolute Gasteiger partial charge is 0.507 e. The van der Waals surface area contributed by atoms with Gasteiger partial charge >= 0.3 is 12.1 Å². The number of urea groups is 1. The van der Waals surface area contributed by atoms with Crippen LogP contribution in [0.1, 0.15) is 51.7 Å². The van der Waals surface area contributed by atoms with Crippen molar-refractivity contribution in [2.75, 3.05) is 19.7 Å². The quantitative estimate of drug-likeness (QED) is 0.402. The molecule has 174 valence electrons. The van der Waals surface area contributed by atoms with Crippen molar-refractivity contribution < 1.29 is 19.4 Å². The maximum atomic E-state index is 11.6. The summed E-state index contributed by atoms with van der Waals surface area (Å²) in [6.45, 7) is 9.82. The van der Waals surface area contributed by atoms with Crippen LogP contribution in [0.4, 0.5) is 9.59 Å². The molecule has 2 aromatic rings. The van der Waals surface area contributed by atoms with Gasteiger partial charge in [-0.1, -0.05) is 44.2 Å². The number of phenolic OH excluding ortho intramolecular Hbond substituents is 1. The summed E-state index contributed by atoms with van der Waals surface area (Å²) in [6, 6.07) is 13.3. The molecule has 0 aliphatic heterocycles. The minimum atomic E-state index is -0.393. The molecule has 0 heterocycles. The highest BCUT2D eigenvalue weighted by Crippen LogP contribution is 2.36. The van der Waals surface area contributed by atoms with Crippen LogP contribution in [-0.4, -0.2) is 36.9 Å². The van der Waals surface area contributed by atoms with Crippen LogP contribution in [-0.2, 0) is 16.7 Å². The van der Waals surface area contributed by atoms with Gasteiger partial charge in [0.15, 0.2) is 0 Å². The van der Waals surface area contributed by atoms with Crippen LogP contribution in [0.5, 0.6) is 5.75 Å². The van der Waals surface area contributed by atoms with Crippen LogP contribution in [0, 0.1) is 0 Å². The van der Waals surface area contributed by atoms with E-state index in [1.54, 1.807) is 6.07 Å². The fourth-order valence-corrected chi connectivity index (χ4v) is 3.47. The topological polar surface area (TPSA) is 99.7 Å². The van der Waals surface area contributed by atoms with E-state index >= 15 is 0 Å². The second-order valence-corrected chi connectivity index (χ2v) is 8.30. The number of carbonyl (C=O) groups excluding carboxylic acids is 2. The molecule has 0 saturated carbocycles. The fraction of sp³-hybridized carbons (Fsp3) is 0.440. The minimum absolute atomic E-state index is 0.182. The van der Waals surface area contributed by atoms with Gasteiger partial charge in [-0.2, -0.15) is 0 Å². The van der Waals surface area contributed by atoms with Gasteiger partial charge in [0.2, 0.25) is 0 Å². The molecule has 0 fully saturated rings. The summed E-state index contributed by atoms with van der Waals surface area (Å²) in [5.74, 6) is 0.211. The lowest BCUT2D eigenvalue weighted by Crippen LogP contribution is -2.34. The molecule has 0 spiro atoms. The Morgan fingerprint density at radius 3 is 2.44 bits per heavy atom. The number of benzene rings is 2. The van der Waals surface area contributed by atoms with E-state index in [4.69, 9.17) is 4.74 Å². The molecule has 7 heteroatoms. The lowest BCUT2D eigenvalue weighted by atomic mass is 9.80. The Balaban J connectivity index is 2.04. The third kappa shape index (κ3) is 7.48. The number of ether oxygens (including phenoxy) is 1. The lowest BCUT2D eigenvalue weighted by Gasteiger charge is -2.26. The van der Waals surface area contributed by atoms with Gasteiger partial charge in [-0.05, 0) is 60.9 Å². The third-order valence-electron chi connectivity index (χ3n) is 5.31. The molecular formula is C25H35N3O4. The van der Waals surface area contributed by atoms with E-state index in [2.05, 4.69) is 29.8 Å². The molecule has 0 radical (unpaired) electrons. The zero-order valence-electron chi connectivity index (χ0n) is 19.5. The number of nitrogens with one attached hydrogen (secondary N) is 3. The van der Waals surface area contributed by atoms with Crippen LogP contribution in [0.3, 0.4) is 0 Å². The van der Waals surface area contributed by atoms with Crippen LogP contribution in [0.15, 0.2) is 42.5 Å². The van der Waals surface area contributed by atoms with E-state index in [-0.39, 0.29) is 17.2 Å². The van der Waals surface area contributed by atoms with Crippen LogP contribution in [0.2, 0.25) is 0 Å². The molecule has 3 amide bonds. The van der Waals surface area contributed by atoms with Crippen molar-refractivity contribution in [1.29, 1.82) is 0 Å². The maximum Gasteiger partial charge on any atom is 0.407 e. The van der Waals surface area contributed by atoms with E-state index in [0.29, 0.717) is 26.2 Å². The first-order valence-electron chi connectivity index (χ1n) is 11.1. The predicted octanol–water partition coefficient (Wildman–Crippen LogP) is 4.68. The van der Waals surface area contributed by atoms with Crippen molar-refractivity contribution >= 4 is 12.1 Å². The van der Waals surface area contributed by atoms with Gasteiger partial charge in [0.05, 0.1) is 6.61 Å². The van der Waals surface area contributed by atoms with Crippen molar-refractivity contribution in [2.24, 2.45) is 0 Å². The highest BCUT2D eigenvalue weighted by Gasteiger charge is 2.22. The summed E-state index contributed by atoms with van der Waals surface area (Å²) in [4.78, 5) is 23.0. The Morgan fingerprint density at radius 1 is 1.00 bits per heavy atom. The van der Waals surface area contributed by atoms with Crippen LogP contribution >= 0.6 is 0 Å². The Morgan fingerprint density at radius 2 is 1.75 bits per heavy atom. The van der Waals surface area contributed by atoms with E-state index in [0.717, 1.165) is 35.1 Å². The number of hydrogen-bond donors (Lipinski definition) is 4. The van der Waals surface area contributed by atoms with Crippen molar-refractivity contribution in [1.82, 2.24) is 16.0 Å². The number of hydrogen-bond acceptors (Lipinski definition) is 4. The minimum Gasteiger partial charge on any atom is -0.507 e. The number of phenols is 1. The summed E-state index contributed by atoms with van der Waals surface area (Å²) in [6.07, 6.45) is 1.15. The van der Waals surface area contributed by atoms with Gasteiger partial charge < -0.3 is 25.8 Å². The van der Waals surface area contributed by atoms with Gasteiger partial charge in [0, 0.05) is 25.2 Å². The van der Waals surface area contributed by atoms with Gasteiger partial charge in [-0.25, -0.2) is 9.59 Å². The second kappa shape index (κ2) is 12.0. The van der Waals surface area contributed by atoms with Gasteiger partial charge in [-0.3, -0.25) is 0 Å². The fourth-order valence-electron chi connectivity index (χ4n) is 3.47. The Bertz CT molecular complexity index is 912. The highest BCUT2D eigenvalue weighted by molar-refractivity contribution is 5.74. The van der Waals surface area contributed by atoms with Gasteiger partial charge in [0.25, 0.3) is 0 Å². The number of aromatic hydroxyl groups is 1. The highest BCUT2D eigenvalue weighted by atomic mass is 16.5. The summed E-state index contributed by atoms with van der Waals surface area (Å²) < 4.78 is 5.14. The number of alkyl carbamates (subject to hydrolysis) is 1. The molecule has 0 aromatic heterocycles. The molecule has 0 aliphatic rings. The zero-order chi connectivity index (χ0) is 23.6. The van der Waals surface area contributed by atoms with E-state index in [1.165, 1.54) is 0 Å². The number of rotatable bonds is 10. The Hall–Kier alpha value is -3.22. The summed E-state index contributed by atoms with van der Waals surface area (Å²) >= 11 is 0. The molecule has 4 N–H and O–H groups in total. The zero-order valence-corrected chi connectivity index (χ0v) is 19.5. The van der Waals surface area contributed by atoms with Crippen LogP contribution < -0.4 is 16.0 Å². The lowest BCUT2D eigenvalue weighted by molar-refractivity contribution is 0.142. The summed E-state index contributed by atoms with van der Waals surface area (Å²) in [5.41, 5.74) is 3.41. The van der Waals surface area contributed by atoms with Crippen molar-refractivity contribution in [3.05, 3.63) is 53.6 Å². The molecule has 0 bridgehead atoms. The Kier molecular flexibility index (Phi) is 9.38. The second-order valence-electron chi connectivity index (χ2n) is 8.30. The molecule has 32 heavy (non-hydrogen) atoms. The first-order chi connectivity index (χ1) is 15.3. The van der Waals surface area contributed by atoms with E-state index in [1.807, 2.05) is 50.2 Å². The van der Waals surface area contributed by atoms with Gasteiger partial charge in [-0.15, -0.1) is 0 Å². The number of carbonyl (C=O) groups is 2. The third-order valence-corrected chi connectivity index (χ3v) is 5.31. The SMILES string of the molecule is CCNC(=O)NCc1cccc(-c2ccc(C(C)(C)CCCOC(=O)NCC)cc2O)c1. The smallest absolute Gasteiger partial charge is 0.407 e. The Labute approximate surface area is 190 Å². The molecule has 0 saturated heterocycles. The monoisotopic (exact) mass is 441 g/mol. The average molecular weight is 442 g/mol. The normalized spacial score (nSPS) is 11.0. The summed E-state index contributed by atoms with van der Waals surface area (Å²) in [7, 11) is 0. The molecule has 0 unspecified atom stereocenters. The van der Waals surface area contributed by atoms with Crippen LogP contribution in [0.25, 0.3) is 11.1 Å². The molecule has 2 aromatic carbocycles. The van der Waals surface area contributed by atoms with E-state index < -0.39 is 6.09 Å². The maximum absolute atomic E-state index is 11.6. The molecule has 0 atom stereocenters. The van der Waals surface area contributed by atoms with Crippen molar-refractivity contribution in [2.45, 2.75) is 52.5 Å². The average Bonchev–Trinajstić information content (AvgIpc) is 2.76. The molecule has 7 nitrogen and oxygen atoms in total. The summed E-state index contributed by atoms with van der Waals surface area (Å²) in [5, 5.41) is 18.9. The predicted molar refractivity (Wildman–Crippen MR) is 127 cm³/mol. The van der Waals surface area contributed by atoms with E-state index in [9.17, 15) is 14.7 Å². The molecular weight excluding hydrogens is 406 g/mol. The van der Waals surface area contributed by atoms with Gasteiger partial charge in [0.1, 0.15) is 5.75 Å². The first kappa shape index (κ1) is 25.0. The molecule has 2 rings (SSSR count). The first-order valence-corrected chi connectivity index (χ1v) is 11.1. The standard InChI is InChI=1S/C25H35N3O4/c1-5-26-23(30)28-17-18-9-7-10-19(15-18)21-12-11-20(16-22(21)29)25(3,4)13-8-14-32-24(31)27-6-2/h7,9-12,15-16,29H,5-6,8,13-14,17H2,1-4H3,(H,27,31)(H2,26,28,30). The van der Waals surface area contributed by atoms with Crippen molar-refractivity contribution in [3.8, 4) is 16.9 Å². The van der Waals surface area contributed by atoms with Crippen molar-refractivity contribution in [3.63, 3.8) is 0 Å². The number of amides is 3. The molecule has 0 aliphatic carbocycles.